The van der Waals surface area contributed by atoms with Crippen LogP contribution in [0.1, 0.15) is 58.3 Å². The molecule has 0 saturated carbocycles. The van der Waals surface area contributed by atoms with Crippen molar-refractivity contribution in [3.8, 4) is 0 Å². The van der Waals surface area contributed by atoms with E-state index in [1.165, 1.54) is 38.5 Å². The molecule has 2 heteroatoms. The molecule has 0 amide bonds. The molecule has 0 N–H and O–H groups in total. The van der Waals surface area contributed by atoms with Crippen molar-refractivity contribution in [2.45, 2.75) is 58.3 Å². The fraction of sp³-hybridized carbons (Fsp3) is 0.706. The van der Waals surface area contributed by atoms with Crippen LogP contribution in [-0.4, -0.2) is 19.1 Å². The van der Waals surface area contributed by atoms with Gasteiger partial charge in [-0.2, -0.15) is 0 Å². The highest BCUT2D eigenvalue weighted by Crippen LogP contribution is 2.05. The van der Waals surface area contributed by atoms with E-state index in [0.29, 0.717) is 5.88 Å². The summed E-state index contributed by atoms with van der Waals surface area (Å²) >= 11 is 5.54. The van der Waals surface area contributed by atoms with Crippen molar-refractivity contribution in [1.29, 1.82) is 0 Å². The highest BCUT2D eigenvalue weighted by molar-refractivity contribution is 6.17. The topological polar surface area (TPSA) is 9.23 Å². The van der Waals surface area contributed by atoms with E-state index in [2.05, 4.69) is 24.8 Å². The molecule has 0 radical (unpaired) electrons. The van der Waals surface area contributed by atoms with E-state index < -0.39 is 0 Å². The fourth-order valence-corrected chi connectivity index (χ4v) is 1.76. The first-order valence-electron chi connectivity index (χ1n) is 7.60. The van der Waals surface area contributed by atoms with Crippen molar-refractivity contribution < 1.29 is 4.74 Å². The van der Waals surface area contributed by atoms with Gasteiger partial charge >= 0.3 is 0 Å². The summed E-state index contributed by atoms with van der Waals surface area (Å²) in [5, 5.41) is 0. The van der Waals surface area contributed by atoms with Crippen molar-refractivity contribution >= 4 is 11.6 Å². The molecule has 1 nitrogen and oxygen atoms in total. The lowest BCUT2D eigenvalue weighted by atomic mass is 10.1. The SMILES string of the molecule is CCCCCCCC=CCOCCC=C=CCCCl. The number of allylic oxidation sites excluding steroid dienone is 1. The van der Waals surface area contributed by atoms with Gasteiger partial charge in [-0.25, -0.2) is 0 Å². The van der Waals surface area contributed by atoms with Gasteiger partial charge < -0.3 is 4.74 Å². The van der Waals surface area contributed by atoms with Crippen LogP contribution in [0, 0.1) is 0 Å². The van der Waals surface area contributed by atoms with Gasteiger partial charge in [0, 0.05) is 5.88 Å². The summed E-state index contributed by atoms with van der Waals surface area (Å²) in [4.78, 5) is 0. The van der Waals surface area contributed by atoms with Crippen LogP contribution in [-0.2, 0) is 4.74 Å². The van der Waals surface area contributed by atoms with E-state index in [-0.39, 0.29) is 0 Å². The molecule has 0 aromatic carbocycles. The molecular formula is C17H29ClO. The Hall–Kier alpha value is -0.490. The third-order valence-corrected chi connectivity index (χ3v) is 2.97. The molecular weight excluding hydrogens is 256 g/mol. The first kappa shape index (κ1) is 18.5. The molecule has 0 bridgehead atoms. The quantitative estimate of drug-likeness (QED) is 0.184. The normalized spacial score (nSPS) is 10.6. The number of ether oxygens (including phenoxy) is 1. The monoisotopic (exact) mass is 284 g/mol. The number of hydrogen-bond acceptors (Lipinski definition) is 1. The predicted molar refractivity (Wildman–Crippen MR) is 85.9 cm³/mol. The number of alkyl halides is 1. The minimum absolute atomic E-state index is 0.667. The van der Waals surface area contributed by atoms with Crippen LogP contribution in [0.2, 0.25) is 0 Å². The van der Waals surface area contributed by atoms with E-state index in [1.54, 1.807) is 0 Å². The minimum atomic E-state index is 0.667. The summed E-state index contributed by atoms with van der Waals surface area (Å²) < 4.78 is 5.49. The Morgan fingerprint density at radius 1 is 0.947 bits per heavy atom. The van der Waals surface area contributed by atoms with Crippen molar-refractivity contribution in [3.63, 3.8) is 0 Å². The van der Waals surface area contributed by atoms with Gasteiger partial charge in [0.15, 0.2) is 0 Å². The van der Waals surface area contributed by atoms with Crippen LogP contribution in [0.5, 0.6) is 0 Å². The third kappa shape index (κ3) is 17.5. The largest absolute Gasteiger partial charge is 0.377 e. The number of rotatable bonds is 13. The molecule has 0 fully saturated rings. The van der Waals surface area contributed by atoms with Crippen molar-refractivity contribution in [3.05, 3.63) is 30.0 Å². The fourth-order valence-electron chi connectivity index (χ4n) is 1.65. The highest BCUT2D eigenvalue weighted by atomic mass is 35.5. The number of halogens is 1. The molecule has 0 heterocycles. The molecule has 0 aliphatic heterocycles. The first-order chi connectivity index (χ1) is 9.41. The van der Waals surface area contributed by atoms with Gasteiger partial charge in [0.05, 0.1) is 13.2 Å². The zero-order valence-electron chi connectivity index (χ0n) is 12.4. The van der Waals surface area contributed by atoms with Gasteiger partial charge in [-0.05, 0) is 37.8 Å². The van der Waals surface area contributed by atoms with Crippen molar-refractivity contribution in [1.82, 2.24) is 0 Å². The van der Waals surface area contributed by atoms with Crippen LogP contribution in [0.15, 0.2) is 30.0 Å². The average Bonchev–Trinajstić information content (AvgIpc) is 2.43. The molecule has 110 valence electrons. The van der Waals surface area contributed by atoms with Gasteiger partial charge in [-0.1, -0.05) is 44.8 Å². The summed E-state index contributed by atoms with van der Waals surface area (Å²) in [5.41, 5.74) is 3.09. The Labute approximate surface area is 124 Å². The average molecular weight is 285 g/mol. The summed E-state index contributed by atoms with van der Waals surface area (Å²) in [6.07, 6.45) is 18.1. The summed E-state index contributed by atoms with van der Waals surface area (Å²) in [6.45, 7) is 3.75. The van der Waals surface area contributed by atoms with Gasteiger partial charge in [0.25, 0.3) is 0 Å². The third-order valence-electron chi connectivity index (χ3n) is 2.75. The van der Waals surface area contributed by atoms with E-state index >= 15 is 0 Å². The molecule has 19 heavy (non-hydrogen) atoms. The molecule has 0 atom stereocenters. The highest BCUT2D eigenvalue weighted by Gasteiger charge is 1.86. The lowest BCUT2D eigenvalue weighted by Gasteiger charge is -1.97. The first-order valence-corrected chi connectivity index (χ1v) is 8.13. The molecule has 0 saturated heterocycles. The molecule has 0 aromatic rings. The molecule has 0 aromatic heterocycles. The molecule has 0 unspecified atom stereocenters. The van der Waals surface area contributed by atoms with E-state index in [0.717, 1.165) is 26.1 Å². The zero-order valence-corrected chi connectivity index (χ0v) is 13.1. The van der Waals surface area contributed by atoms with E-state index in [9.17, 15) is 0 Å². The van der Waals surface area contributed by atoms with Gasteiger partial charge in [0.1, 0.15) is 0 Å². The second kappa shape index (κ2) is 17.5. The second-order valence-corrected chi connectivity index (χ2v) is 4.97. The summed E-state index contributed by atoms with van der Waals surface area (Å²) in [5.74, 6) is 0.667. The Morgan fingerprint density at radius 3 is 2.53 bits per heavy atom. The smallest absolute Gasteiger partial charge is 0.0647 e. The molecule has 0 spiro atoms. The Morgan fingerprint density at radius 2 is 1.74 bits per heavy atom. The Bertz CT molecular complexity index is 252. The maximum atomic E-state index is 5.54. The lowest BCUT2D eigenvalue weighted by molar-refractivity contribution is 0.167. The van der Waals surface area contributed by atoms with Gasteiger partial charge in [0.2, 0.25) is 0 Å². The second-order valence-electron chi connectivity index (χ2n) is 4.59. The van der Waals surface area contributed by atoms with Crippen LogP contribution >= 0.6 is 11.6 Å². The summed E-state index contributed by atoms with van der Waals surface area (Å²) in [7, 11) is 0. The van der Waals surface area contributed by atoms with Crippen molar-refractivity contribution in [2.24, 2.45) is 0 Å². The van der Waals surface area contributed by atoms with Gasteiger partial charge in [-0.3, -0.25) is 0 Å². The van der Waals surface area contributed by atoms with E-state index in [4.69, 9.17) is 16.3 Å². The lowest BCUT2D eigenvalue weighted by Crippen LogP contribution is -1.92. The van der Waals surface area contributed by atoms with Crippen molar-refractivity contribution in [2.75, 3.05) is 19.1 Å². The van der Waals surface area contributed by atoms with Crippen LogP contribution in [0.4, 0.5) is 0 Å². The number of hydrogen-bond donors (Lipinski definition) is 0. The molecule has 0 rings (SSSR count). The zero-order chi connectivity index (χ0) is 14.0. The minimum Gasteiger partial charge on any atom is -0.377 e. The van der Waals surface area contributed by atoms with Crippen LogP contribution in [0.3, 0.4) is 0 Å². The Balaban J connectivity index is 3.19. The maximum Gasteiger partial charge on any atom is 0.0647 e. The molecule has 0 aliphatic carbocycles. The number of unbranched alkanes of at least 4 members (excludes halogenated alkanes) is 5. The standard InChI is InChI=1S/C17H29ClO/c1-2-3-4-5-6-7-10-13-16-19-17-14-11-8-9-12-15-18/h9-11,13H,2-7,12,14-17H2,1H3. The predicted octanol–water partition coefficient (Wildman–Crippen LogP) is 5.65. The van der Waals surface area contributed by atoms with E-state index in [1.807, 2.05) is 12.2 Å². The summed E-state index contributed by atoms with van der Waals surface area (Å²) in [6, 6.07) is 0. The van der Waals surface area contributed by atoms with Crippen LogP contribution < -0.4 is 0 Å². The maximum absolute atomic E-state index is 5.54. The molecule has 0 aliphatic rings. The van der Waals surface area contributed by atoms with Gasteiger partial charge in [-0.15, -0.1) is 17.3 Å². The van der Waals surface area contributed by atoms with Crippen LogP contribution in [0.25, 0.3) is 0 Å². The Kier molecular flexibility index (Phi) is 17.1.